The van der Waals surface area contributed by atoms with Crippen LogP contribution in [0.25, 0.3) is 0 Å². The number of aryl methyl sites for hydroxylation is 2. The summed E-state index contributed by atoms with van der Waals surface area (Å²) in [5, 5.41) is 10.2. The third kappa shape index (κ3) is 3.26. The highest BCUT2D eigenvalue weighted by atomic mass is 35.5. The molecular weight excluding hydrogens is 330 g/mol. The van der Waals surface area contributed by atoms with Gasteiger partial charge in [-0.3, -0.25) is 14.9 Å². The number of hydrogen-bond donors (Lipinski definition) is 2. The van der Waals surface area contributed by atoms with Crippen LogP contribution in [-0.2, 0) is 16.0 Å². The van der Waals surface area contributed by atoms with Crippen LogP contribution in [0.15, 0.2) is 18.2 Å². The number of nitrogens with zero attached hydrogens (tertiary/aromatic N) is 3. The summed E-state index contributed by atoms with van der Waals surface area (Å²) >= 11 is 6.16. The minimum absolute atomic E-state index is 0.0111. The van der Waals surface area contributed by atoms with Gasteiger partial charge in [0.05, 0.1) is 17.1 Å². The van der Waals surface area contributed by atoms with Gasteiger partial charge in [-0.05, 0) is 31.0 Å². The summed E-state index contributed by atoms with van der Waals surface area (Å²) in [6.07, 6.45) is 1.58. The van der Waals surface area contributed by atoms with Gasteiger partial charge in [0.25, 0.3) is 0 Å². The molecule has 0 unspecified atom stereocenters. The van der Waals surface area contributed by atoms with Gasteiger partial charge in [-0.1, -0.05) is 24.6 Å². The molecule has 2 aromatic rings. The summed E-state index contributed by atoms with van der Waals surface area (Å²) in [6.45, 7) is 3.93. The largest absolute Gasteiger partial charge is 0.323 e. The van der Waals surface area contributed by atoms with E-state index in [1.165, 1.54) is 4.68 Å². The Labute approximate surface area is 144 Å². The molecule has 24 heavy (non-hydrogen) atoms. The van der Waals surface area contributed by atoms with Gasteiger partial charge in [-0.25, -0.2) is 4.68 Å². The Bertz CT molecular complexity index is 802. The van der Waals surface area contributed by atoms with Crippen molar-refractivity contribution in [1.82, 2.24) is 14.8 Å². The number of carbonyl (C=O) groups excluding carboxylic acids is 2. The molecule has 2 amide bonds. The van der Waals surface area contributed by atoms with Crippen molar-refractivity contribution in [2.45, 2.75) is 39.2 Å². The summed E-state index contributed by atoms with van der Waals surface area (Å²) in [5.74, 6) is 0.323. The zero-order chi connectivity index (χ0) is 17.3. The van der Waals surface area contributed by atoms with Crippen LogP contribution in [0.5, 0.6) is 0 Å². The molecule has 0 saturated carbocycles. The average Bonchev–Trinajstić information content (AvgIpc) is 2.91. The number of benzene rings is 1. The van der Waals surface area contributed by atoms with Gasteiger partial charge in [-0.15, -0.1) is 0 Å². The van der Waals surface area contributed by atoms with Crippen LogP contribution < -0.4 is 10.6 Å². The summed E-state index contributed by atoms with van der Waals surface area (Å²) < 4.78 is 1.48. The van der Waals surface area contributed by atoms with E-state index in [0.717, 1.165) is 12.0 Å². The maximum absolute atomic E-state index is 12.6. The molecule has 7 nitrogen and oxygen atoms in total. The second-order valence-electron chi connectivity index (χ2n) is 5.79. The number of amides is 2. The first-order valence-corrected chi connectivity index (χ1v) is 8.18. The Balaban J connectivity index is 1.86. The van der Waals surface area contributed by atoms with Gasteiger partial charge in [-0.2, -0.15) is 10.1 Å². The third-order valence-corrected chi connectivity index (χ3v) is 4.07. The minimum Gasteiger partial charge on any atom is -0.323 e. The van der Waals surface area contributed by atoms with Crippen molar-refractivity contribution in [3.05, 3.63) is 34.6 Å². The van der Waals surface area contributed by atoms with Crippen molar-refractivity contribution in [2.24, 2.45) is 0 Å². The minimum atomic E-state index is -0.746. The smallest absolute Gasteiger partial charge is 0.249 e. The number of nitrogens with one attached hydrogen (secondary N) is 2. The number of carbonyl (C=O) groups is 2. The van der Waals surface area contributed by atoms with E-state index in [1.54, 1.807) is 12.1 Å². The maximum Gasteiger partial charge on any atom is 0.249 e. The zero-order valence-corrected chi connectivity index (χ0v) is 14.2. The van der Waals surface area contributed by atoms with Gasteiger partial charge in [0.15, 0.2) is 5.82 Å². The quantitative estimate of drug-likeness (QED) is 0.890. The molecule has 0 bridgehead atoms. The normalized spacial score (nSPS) is 16.5. The van der Waals surface area contributed by atoms with Crippen molar-refractivity contribution in [3.63, 3.8) is 0 Å². The van der Waals surface area contributed by atoms with E-state index in [1.807, 2.05) is 19.9 Å². The van der Waals surface area contributed by atoms with Crippen molar-refractivity contribution >= 4 is 35.1 Å². The molecule has 0 saturated heterocycles. The fourth-order valence-electron chi connectivity index (χ4n) is 2.58. The Morgan fingerprint density at radius 1 is 1.50 bits per heavy atom. The van der Waals surface area contributed by atoms with E-state index in [4.69, 9.17) is 11.6 Å². The van der Waals surface area contributed by atoms with Gasteiger partial charge in [0.2, 0.25) is 17.8 Å². The molecule has 1 aliphatic rings. The lowest BCUT2D eigenvalue weighted by atomic mass is 10.1. The summed E-state index contributed by atoms with van der Waals surface area (Å²) in [5.41, 5.74) is 1.51. The van der Waals surface area contributed by atoms with Crippen LogP contribution in [0.3, 0.4) is 0 Å². The summed E-state index contributed by atoms with van der Waals surface area (Å²) in [6, 6.07) is 4.62. The molecule has 1 aliphatic heterocycles. The highest BCUT2D eigenvalue weighted by Gasteiger charge is 2.33. The second-order valence-corrected chi connectivity index (χ2v) is 6.19. The average molecular weight is 348 g/mol. The van der Waals surface area contributed by atoms with Crippen LogP contribution in [-0.4, -0.2) is 26.6 Å². The van der Waals surface area contributed by atoms with E-state index in [2.05, 4.69) is 20.7 Å². The van der Waals surface area contributed by atoms with Crippen molar-refractivity contribution in [1.29, 1.82) is 0 Å². The lowest BCUT2D eigenvalue weighted by Crippen LogP contribution is -2.36. The fourth-order valence-corrected chi connectivity index (χ4v) is 2.86. The molecule has 0 spiro atoms. The first-order chi connectivity index (χ1) is 11.5. The fraction of sp³-hybridized carbons (Fsp3) is 0.375. The lowest BCUT2D eigenvalue weighted by molar-refractivity contribution is -0.125. The van der Waals surface area contributed by atoms with E-state index >= 15 is 0 Å². The molecule has 1 aromatic carbocycles. The van der Waals surface area contributed by atoms with Crippen LogP contribution in [0.1, 0.15) is 37.2 Å². The first-order valence-electron chi connectivity index (χ1n) is 7.80. The highest BCUT2D eigenvalue weighted by molar-refractivity contribution is 6.33. The van der Waals surface area contributed by atoms with Gasteiger partial charge in [0.1, 0.15) is 6.04 Å². The molecule has 2 heterocycles. The Morgan fingerprint density at radius 3 is 3.00 bits per heavy atom. The maximum atomic E-state index is 12.6. The Kier molecular flexibility index (Phi) is 4.53. The topological polar surface area (TPSA) is 88.9 Å². The SMILES string of the molecule is CCCc1nc2n(n1)[C@H](C(=O)Nc1ccc(C)cc1Cl)CC(=O)N2. The molecule has 0 aliphatic carbocycles. The molecule has 126 valence electrons. The number of aromatic nitrogens is 3. The number of halogens is 1. The Morgan fingerprint density at radius 2 is 2.29 bits per heavy atom. The van der Waals surface area contributed by atoms with E-state index in [9.17, 15) is 9.59 Å². The molecule has 3 rings (SSSR count). The monoisotopic (exact) mass is 347 g/mol. The molecule has 0 fully saturated rings. The molecule has 8 heteroatoms. The predicted octanol–water partition coefficient (Wildman–Crippen LogP) is 2.71. The Hall–Kier alpha value is -2.41. The number of fused-ring (bicyclic) bond motifs is 1. The standard InChI is InChI=1S/C16H18ClN5O2/c1-3-4-13-19-16-20-14(23)8-12(22(16)21-13)15(24)18-11-6-5-9(2)7-10(11)17/h5-7,12H,3-4,8H2,1-2H3,(H,18,24)(H,19,20,21,23)/t12-/m0/s1. The van der Waals surface area contributed by atoms with Crippen LogP contribution >= 0.6 is 11.6 Å². The van der Waals surface area contributed by atoms with E-state index < -0.39 is 6.04 Å². The molecule has 1 aromatic heterocycles. The number of hydrogen-bond acceptors (Lipinski definition) is 4. The molecule has 2 N–H and O–H groups in total. The van der Waals surface area contributed by atoms with Gasteiger partial charge >= 0.3 is 0 Å². The lowest BCUT2D eigenvalue weighted by Gasteiger charge is -2.22. The highest BCUT2D eigenvalue weighted by Crippen LogP contribution is 2.27. The van der Waals surface area contributed by atoms with Crippen molar-refractivity contribution < 1.29 is 9.59 Å². The van der Waals surface area contributed by atoms with Crippen LogP contribution in [0, 0.1) is 6.92 Å². The molecular formula is C16H18ClN5O2. The van der Waals surface area contributed by atoms with Gasteiger partial charge < -0.3 is 5.32 Å². The predicted molar refractivity (Wildman–Crippen MR) is 91.1 cm³/mol. The third-order valence-electron chi connectivity index (χ3n) is 3.76. The van der Waals surface area contributed by atoms with Crippen LogP contribution in [0.2, 0.25) is 5.02 Å². The van der Waals surface area contributed by atoms with Crippen LogP contribution in [0.4, 0.5) is 11.6 Å². The second kappa shape index (κ2) is 6.60. The summed E-state index contributed by atoms with van der Waals surface area (Å²) in [4.78, 5) is 28.8. The molecule has 0 radical (unpaired) electrons. The summed E-state index contributed by atoms with van der Waals surface area (Å²) in [7, 11) is 0. The van der Waals surface area contributed by atoms with Gasteiger partial charge in [0, 0.05) is 6.42 Å². The number of anilines is 2. The van der Waals surface area contributed by atoms with Crippen molar-refractivity contribution in [2.75, 3.05) is 10.6 Å². The van der Waals surface area contributed by atoms with E-state index in [-0.39, 0.29) is 18.2 Å². The first kappa shape index (κ1) is 16.4. The number of rotatable bonds is 4. The molecule has 1 atom stereocenters. The van der Waals surface area contributed by atoms with E-state index in [0.29, 0.717) is 28.9 Å². The zero-order valence-electron chi connectivity index (χ0n) is 13.5. The van der Waals surface area contributed by atoms with Crippen molar-refractivity contribution in [3.8, 4) is 0 Å².